The van der Waals surface area contributed by atoms with Crippen LogP contribution in [0.3, 0.4) is 0 Å². The predicted octanol–water partition coefficient (Wildman–Crippen LogP) is 4.83. The molecule has 4 nitrogen and oxygen atoms in total. The molecule has 22 heavy (non-hydrogen) atoms. The molecule has 2 heterocycles. The van der Waals surface area contributed by atoms with Crippen molar-refractivity contribution < 1.29 is 4.74 Å². The van der Waals surface area contributed by atoms with Gasteiger partial charge in [0.1, 0.15) is 5.65 Å². The molecule has 0 saturated heterocycles. The first-order valence-corrected chi connectivity index (χ1v) is 8.77. The van der Waals surface area contributed by atoms with Gasteiger partial charge in [0, 0.05) is 10.6 Å². The van der Waals surface area contributed by atoms with Gasteiger partial charge in [0.2, 0.25) is 5.88 Å². The van der Waals surface area contributed by atoms with E-state index in [9.17, 15) is 0 Å². The molecule has 1 aromatic carbocycles. The summed E-state index contributed by atoms with van der Waals surface area (Å²) in [5, 5.41) is 1.59. The lowest BCUT2D eigenvalue weighted by atomic mass is 10.3. The smallest absolute Gasteiger partial charge is 0.228 e. The van der Waals surface area contributed by atoms with Crippen molar-refractivity contribution in [2.45, 2.75) is 30.3 Å². The average molecular weight is 378 g/mol. The van der Waals surface area contributed by atoms with Crippen LogP contribution in [0.1, 0.15) is 19.5 Å². The van der Waals surface area contributed by atoms with E-state index in [0.29, 0.717) is 17.6 Å². The van der Waals surface area contributed by atoms with Gasteiger partial charge in [-0.05, 0) is 53.2 Å². The quantitative estimate of drug-likeness (QED) is 0.646. The number of hydrogen-bond acceptors (Lipinski definition) is 4. The Kier molecular flexibility index (Phi) is 4.69. The van der Waals surface area contributed by atoms with E-state index in [-0.39, 0.29) is 0 Å². The molecule has 1 N–H and O–H groups in total. The molecule has 0 radical (unpaired) electrons. The first kappa shape index (κ1) is 15.4. The van der Waals surface area contributed by atoms with Crippen molar-refractivity contribution in [1.29, 1.82) is 0 Å². The van der Waals surface area contributed by atoms with Gasteiger partial charge in [-0.25, -0.2) is 4.98 Å². The summed E-state index contributed by atoms with van der Waals surface area (Å²) in [5.41, 5.74) is 1.91. The first-order chi connectivity index (χ1) is 10.7. The average Bonchev–Trinajstić information content (AvgIpc) is 2.85. The summed E-state index contributed by atoms with van der Waals surface area (Å²) < 4.78 is 6.71. The maximum Gasteiger partial charge on any atom is 0.228 e. The van der Waals surface area contributed by atoms with Crippen molar-refractivity contribution >= 4 is 38.7 Å². The largest absolute Gasteiger partial charge is 0.477 e. The van der Waals surface area contributed by atoms with Crippen molar-refractivity contribution in [3.05, 3.63) is 40.5 Å². The van der Waals surface area contributed by atoms with Crippen LogP contribution in [0.5, 0.6) is 5.88 Å². The molecule has 0 aliphatic carbocycles. The van der Waals surface area contributed by atoms with Gasteiger partial charge in [-0.15, -0.1) is 0 Å². The molecular formula is C16H16BrN3OS. The molecule has 0 atom stereocenters. The summed E-state index contributed by atoms with van der Waals surface area (Å²) in [4.78, 5) is 13.7. The van der Waals surface area contributed by atoms with Crippen molar-refractivity contribution in [1.82, 2.24) is 15.0 Å². The number of ether oxygens (including phenoxy) is 1. The monoisotopic (exact) mass is 377 g/mol. The second-order valence-corrected chi connectivity index (χ2v) is 6.49. The van der Waals surface area contributed by atoms with Gasteiger partial charge >= 0.3 is 0 Å². The van der Waals surface area contributed by atoms with Gasteiger partial charge in [0.25, 0.3) is 0 Å². The summed E-state index contributed by atoms with van der Waals surface area (Å²) in [7, 11) is 0. The Morgan fingerprint density at radius 2 is 1.95 bits per heavy atom. The summed E-state index contributed by atoms with van der Waals surface area (Å²) in [6.07, 6.45) is 0.893. The molecule has 0 amide bonds. The number of fused-ring (bicyclic) bond motifs is 1. The number of nitrogens with one attached hydrogen (secondary N) is 1. The number of rotatable bonds is 5. The Morgan fingerprint density at radius 3 is 2.64 bits per heavy atom. The molecule has 3 aromatic rings. The second kappa shape index (κ2) is 6.71. The van der Waals surface area contributed by atoms with Gasteiger partial charge in [-0.1, -0.05) is 25.1 Å². The van der Waals surface area contributed by atoms with Crippen molar-refractivity contribution in [3.8, 4) is 5.88 Å². The number of aromatic amines is 1. The summed E-state index contributed by atoms with van der Waals surface area (Å²) in [6.45, 7) is 4.63. The van der Waals surface area contributed by atoms with E-state index in [0.717, 1.165) is 32.5 Å². The fourth-order valence-corrected chi connectivity index (χ4v) is 3.69. The number of aromatic nitrogens is 3. The zero-order valence-corrected chi connectivity index (χ0v) is 14.8. The minimum Gasteiger partial charge on any atom is -0.477 e. The molecule has 0 saturated carbocycles. The molecule has 2 aromatic heterocycles. The first-order valence-electron chi connectivity index (χ1n) is 7.16. The highest BCUT2D eigenvalue weighted by Gasteiger charge is 2.17. The van der Waals surface area contributed by atoms with E-state index in [1.807, 2.05) is 37.3 Å². The van der Waals surface area contributed by atoms with E-state index in [4.69, 9.17) is 4.74 Å². The Balaban J connectivity index is 2.08. The third kappa shape index (κ3) is 2.98. The Hall–Kier alpha value is -1.53. The molecule has 0 aliphatic heterocycles. The maximum atomic E-state index is 5.72. The lowest BCUT2D eigenvalue weighted by Gasteiger charge is -2.06. The van der Waals surface area contributed by atoms with Crippen LogP contribution in [-0.4, -0.2) is 21.6 Å². The van der Waals surface area contributed by atoms with Gasteiger partial charge in [-0.3, -0.25) is 0 Å². The summed E-state index contributed by atoms with van der Waals surface area (Å²) >= 11 is 5.15. The van der Waals surface area contributed by atoms with Crippen LogP contribution in [0.15, 0.2) is 44.9 Å². The van der Waals surface area contributed by atoms with E-state index < -0.39 is 0 Å². The number of benzene rings is 1. The fourth-order valence-electron chi connectivity index (χ4n) is 2.18. The topological polar surface area (TPSA) is 50.8 Å². The van der Waals surface area contributed by atoms with Gasteiger partial charge in [0.05, 0.1) is 16.5 Å². The number of halogens is 1. The maximum absolute atomic E-state index is 5.72. The van der Waals surface area contributed by atoms with Gasteiger partial charge in [0.15, 0.2) is 5.16 Å². The van der Waals surface area contributed by atoms with Crippen molar-refractivity contribution in [2.75, 3.05) is 6.61 Å². The number of aryl methyl sites for hydroxylation is 1. The van der Waals surface area contributed by atoms with E-state index in [1.54, 1.807) is 0 Å². The molecule has 0 fully saturated rings. The third-order valence-corrected chi connectivity index (χ3v) is 4.94. The Labute approximate surface area is 141 Å². The molecule has 0 bridgehead atoms. The van der Waals surface area contributed by atoms with Crippen LogP contribution in [0.25, 0.3) is 11.0 Å². The minimum absolute atomic E-state index is 0.570. The fraction of sp³-hybridized carbons (Fsp3) is 0.250. The highest BCUT2D eigenvalue weighted by Crippen LogP contribution is 2.36. The number of H-pyrrole nitrogens is 1. The molecule has 0 unspecified atom stereocenters. The van der Waals surface area contributed by atoms with E-state index in [2.05, 4.69) is 37.8 Å². The van der Waals surface area contributed by atoms with Crippen LogP contribution in [-0.2, 0) is 6.42 Å². The van der Waals surface area contributed by atoms with Crippen LogP contribution >= 0.6 is 27.7 Å². The van der Waals surface area contributed by atoms with Crippen molar-refractivity contribution in [2.24, 2.45) is 0 Å². The third-order valence-electron chi connectivity index (χ3n) is 3.20. The van der Waals surface area contributed by atoms with Crippen LogP contribution < -0.4 is 4.74 Å². The van der Waals surface area contributed by atoms with Gasteiger partial charge < -0.3 is 9.72 Å². The van der Waals surface area contributed by atoms with E-state index >= 15 is 0 Å². The standard InChI is InChI=1S/C16H16BrN3OS/c1-3-11-13(17)12-14(18-11)19-16(20-15(12)21-4-2)22-10-8-6-5-7-9-10/h5-9H,3-4H2,1-2H3,(H,18,19,20). The Morgan fingerprint density at radius 1 is 1.18 bits per heavy atom. The molecule has 6 heteroatoms. The van der Waals surface area contributed by atoms with Crippen LogP contribution in [0, 0.1) is 0 Å². The molecule has 0 spiro atoms. The lowest BCUT2D eigenvalue weighted by Crippen LogP contribution is -1.98. The zero-order valence-electron chi connectivity index (χ0n) is 12.4. The zero-order chi connectivity index (χ0) is 15.5. The van der Waals surface area contributed by atoms with Crippen molar-refractivity contribution in [3.63, 3.8) is 0 Å². The molecule has 3 rings (SSSR count). The summed E-state index contributed by atoms with van der Waals surface area (Å²) in [6, 6.07) is 10.1. The van der Waals surface area contributed by atoms with Crippen LogP contribution in [0.4, 0.5) is 0 Å². The normalized spacial score (nSPS) is 11.0. The predicted molar refractivity (Wildman–Crippen MR) is 92.7 cm³/mol. The molecule has 114 valence electrons. The molecule has 0 aliphatic rings. The lowest BCUT2D eigenvalue weighted by molar-refractivity contribution is 0.328. The van der Waals surface area contributed by atoms with Crippen LogP contribution in [0.2, 0.25) is 0 Å². The highest BCUT2D eigenvalue weighted by molar-refractivity contribution is 9.10. The number of nitrogens with zero attached hydrogens (tertiary/aromatic N) is 2. The second-order valence-electron chi connectivity index (χ2n) is 4.65. The SMILES string of the molecule is CCOc1nc(Sc2ccccc2)nc2[nH]c(CC)c(Br)c12. The minimum atomic E-state index is 0.570. The van der Waals surface area contributed by atoms with E-state index in [1.165, 1.54) is 11.8 Å². The Bertz CT molecular complexity index is 789. The number of hydrogen-bond donors (Lipinski definition) is 1. The highest BCUT2D eigenvalue weighted by atomic mass is 79.9. The van der Waals surface area contributed by atoms with Gasteiger partial charge in [-0.2, -0.15) is 4.98 Å². The summed E-state index contributed by atoms with van der Waals surface area (Å²) in [5.74, 6) is 0.619. The molecular weight excluding hydrogens is 362 g/mol.